The number of carbonyl (C=O) groups is 1. The molecule has 4 rings (SSSR count). The molecule has 7 nitrogen and oxygen atoms in total. The van der Waals surface area contributed by atoms with Crippen LogP contribution in [0.5, 0.6) is 5.75 Å². The number of hydrogen-bond acceptors (Lipinski definition) is 7. The molecule has 8 heteroatoms. The second-order valence-electron chi connectivity index (χ2n) is 10.4. The van der Waals surface area contributed by atoms with Crippen LogP contribution in [0, 0.1) is 13.8 Å². The van der Waals surface area contributed by atoms with Crippen LogP contribution in [0.25, 0.3) is 0 Å². The first-order valence-electron chi connectivity index (χ1n) is 13.5. The summed E-state index contributed by atoms with van der Waals surface area (Å²) in [5, 5.41) is 5.96. The van der Waals surface area contributed by atoms with E-state index in [-0.39, 0.29) is 5.91 Å². The van der Waals surface area contributed by atoms with Gasteiger partial charge in [0, 0.05) is 37.1 Å². The summed E-state index contributed by atoms with van der Waals surface area (Å²) in [6, 6.07) is 15.2. The molecule has 39 heavy (non-hydrogen) atoms. The van der Waals surface area contributed by atoms with Crippen LogP contribution in [-0.2, 0) is 19.5 Å². The highest BCUT2D eigenvalue weighted by molar-refractivity contribution is 7.80. The van der Waals surface area contributed by atoms with Gasteiger partial charge < -0.3 is 24.7 Å². The summed E-state index contributed by atoms with van der Waals surface area (Å²) in [5.41, 5.74) is 5.47. The summed E-state index contributed by atoms with van der Waals surface area (Å²) < 4.78 is 10.4. The van der Waals surface area contributed by atoms with Gasteiger partial charge in [0.1, 0.15) is 17.8 Å². The predicted molar refractivity (Wildman–Crippen MR) is 161 cm³/mol. The lowest BCUT2D eigenvalue weighted by atomic mass is 10.1. The molecule has 1 aliphatic rings. The number of carbonyl (C=O) groups excluding carboxylic acids is 1. The van der Waals surface area contributed by atoms with Gasteiger partial charge in [-0.3, -0.25) is 9.69 Å². The van der Waals surface area contributed by atoms with E-state index in [4.69, 9.17) is 9.15 Å². The molecule has 1 fully saturated rings. The summed E-state index contributed by atoms with van der Waals surface area (Å²) in [4.78, 5) is 18.1. The van der Waals surface area contributed by atoms with Crippen LogP contribution in [0.3, 0.4) is 0 Å². The minimum atomic E-state index is -0.0906. The lowest BCUT2D eigenvalue weighted by Crippen LogP contribution is -2.31. The van der Waals surface area contributed by atoms with E-state index in [9.17, 15) is 4.79 Å². The Hall–Kier alpha value is -2.78. The number of hydrogen-bond donors (Lipinski definition) is 3. The molecule has 0 spiro atoms. The van der Waals surface area contributed by atoms with Crippen molar-refractivity contribution in [1.82, 2.24) is 20.4 Å². The Morgan fingerprint density at radius 1 is 1.13 bits per heavy atom. The van der Waals surface area contributed by atoms with Crippen LogP contribution in [0.1, 0.15) is 44.8 Å². The fourth-order valence-electron chi connectivity index (χ4n) is 4.67. The van der Waals surface area contributed by atoms with Gasteiger partial charge in [-0.15, -0.1) is 12.6 Å². The average Bonchev–Trinajstić information content (AvgIpc) is 3.59. The largest absolute Gasteiger partial charge is 0.497 e. The third-order valence-corrected chi connectivity index (χ3v) is 7.78. The van der Waals surface area contributed by atoms with Crippen molar-refractivity contribution in [3.8, 4) is 5.75 Å². The normalized spacial score (nSPS) is 15.2. The van der Waals surface area contributed by atoms with Crippen LogP contribution in [0.15, 0.2) is 58.0 Å². The third kappa shape index (κ3) is 9.42. The van der Waals surface area contributed by atoms with E-state index in [0.717, 1.165) is 47.0 Å². The topological polar surface area (TPSA) is 70.0 Å². The molecule has 0 radical (unpaired) electrons. The first-order chi connectivity index (χ1) is 18.7. The highest BCUT2D eigenvalue weighted by atomic mass is 32.1. The Morgan fingerprint density at radius 3 is 2.38 bits per heavy atom. The zero-order chi connectivity index (χ0) is 28.4. The van der Waals surface area contributed by atoms with Gasteiger partial charge >= 0.3 is 0 Å². The van der Waals surface area contributed by atoms with E-state index in [1.807, 2.05) is 33.0 Å². The highest BCUT2D eigenvalue weighted by Crippen LogP contribution is 2.24. The van der Waals surface area contributed by atoms with Crippen molar-refractivity contribution in [1.29, 1.82) is 0 Å². The molecule has 0 saturated carbocycles. The minimum Gasteiger partial charge on any atom is -0.497 e. The number of nitrogens with zero attached hydrogens (tertiary/aromatic N) is 2. The molecular weight excluding hydrogens is 508 g/mol. The van der Waals surface area contributed by atoms with Crippen molar-refractivity contribution in [2.45, 2.75) is 50.7 Å². The van der Waals surface area contributed by atoms with Crippen molar-refractivity contribution in [2.24, 2.45) is 0 Å². The summed E-state index contributed by atoms with van der Waals surface area (Å²) >= 11 is 4.34. The molecular formula is C31H44N4O3S. The van der Waals surface area contributed by atoms with E-state index >= 15 is 0 Å². The second kappa shape index (κ2) is 15.1. The number of ether oxygens (including phenoxy) is 1. The predicted octanol–water partition coefficient (Wildman–Crippen LogP) is 4.71. The van der Waals surface area contributed by atoms with Crippen molar-refractivity contribution >= 4 is 18.5 Å². The zero-order valence-corrected chi connectivity index (χ0v) is 25.1. The first-order valence-corrected chi connectivity index (χ1v) is 14.0. The number of benzene rings is 2. The molecule has 3 aromatic rings. The maximum atomic E-state index is 12.2. The smallest absolute Gasteiger partial charge is 0.254 e. The molecule has 1 unspecified atom stereocenters. The minimum absolute atomic E-state index is 0.0906. The Kier molecular flexibility index (Phi) is 11.9. The Balaban J connectivity index is 0.000000320. The Bertz CT molecular complexity index is 1170. The molecule has 1 amide bonds. The van der Waals surface area contributed by atoms with Crippen LogP contribution in [0.4, 0.5) is 0 Å². The molecule has 0 aliphatic carbocycles. The SMILES string of the molecule is CNCc1cc(C(=O)NCCc2ccc(CN3CCC(N(C)C)C3)cc2)co1.COc1cc(C)c(S)c(C)c1. The average molecular weight is 553 g/mol. The fourth-order valence-corrected chi connectivity index (χ4v) is 4.80. The number of rotatable bonds is 10. The van der Waals surface area contributed by atoms with Gasteiger partial charge in [-0.1, -0.05) is 24.3 Å². The molecule has 2 N–H and O–H groups in total. The van der Waals surface area contributed by atoms with Crippen LogP contribution in [-0.4, -0.2) is 69.6 Å². The molecule has 212 valence electrons. The summed E-state index contributed by atoms with van der Waals surface area (Å²) in [6.45, 7) is 8.60. The van der Waals surface area contributed by atoms with Crippen molar-refractivity contribution in [3.63, 3.8) is 0 Å². The Labute approximate surface area is 239 Å². The van der Waals surface area contributed by atoms with E-state index in [1.165, 1.54) is 30.4 Å². The maximum Gasteiger partial charge on any atom is 0.254 e. The zero-order valence-electron chi connectivity index (χ0n) is 24.2. The Morgan fingerprint density at radius 2 is 1.79 bits per heavy atom. The maximum absolute atomic E-state index is 12.2. The van der Waals surface area contributed by atoms with Crippen molar-refractivity contribution in [2.75, 3.05) is 47.9 Å². The summed E-state index contributed by atoms with van der Waals surface area (Å²) in [7, 11) is 7.84. The van der Waals surface area contributed by atoms with E-state index in [1.54, 1.807) is 13.2 Å². The third-order valence-electron chi connectivity index (χ3n) is 7.07. The van der Waals surface area contributed by atoms with Crippen molar-refractivity contribution in [3.05, 3.63) is 82.3 Å². The van der Waals surface area contributed by atoms with Gasteiger partial charge in [-0.25, -0.2) is 0 Å². The van der Waals surface area contributed by atoms with E-state index in [0.29, 0.717) is 24.7 Å². The molecule has 1 aromatic heterocycles. The molecule has 2 heterocycles. The van der Waals surface area contributed by atoms with Crippen LogP contribution >= 0.6 is 12.6 Å². The molecule has 1 atom stereocenters. The first kappa shape index (κ1) is 30.8. The molecule has 0 bridgehead atoms. The molecule has 2 aromatic carbocycles. The summed E-state index contributed by atoms with van der Waals surface area (Å²) in [5.74, 6) is 1.57. The quantitative estimate of drug-likeness (QED) is 0.317. The number of methoxy groups -OCH3 is 1. The number of amides is 1. The monoisotopic (exact) mass is 552 g/mol. The number of likely N-dealkylation sites (tertiary alicyclic amines) is 1. The van der Waals surface area contributed by atoms with Gasteiger partial charge in [0.15, 0.2) is 0 Å². The highest BCUT2D eigenvalue weighted by Gasteiger charge is 2.23. The standard InChI is InChI=1S/C22H32N4O2.C9H12OS/c1-23-13-21-12-19(16-28-21)22(27)24-10-8-17-4-6-18(7-5-17)14-26-11-9-20(15-26)25(2)3;1-6-4-8(10-3)5-7(2)9(6)11/h4-7,12,16,20,23H,8-11,13-15H2,1-3H3,(H,24,27);4-5,11H,1-3H3. The number of thiol groups is 1. The second-order valence-corrected chi connectivity index (χ2v) is 10.9. The lowest BCUT2D eigenvalue weighted by Gasteiger charge is -2.20. The number of aryl methyl sites for hydroxylation is 2. The van der Waals surface area contributed by atoms with Crippen LogP contribution in [0.2, 0.25) is 0 Å². The number of furan rings is 1. The van der Waals surface area contributed by atoms with E-state index < -0.39 is 0 Å². The molecule has 1 aliphatic heterocycles. The van der Waals surface area contributed by atoms with E-state index in [2.05, 4.69) is 71.4 Å². The number of likely N-dealkylation sites (N-methyl/N-ethyl adjacent to an activating group) is 1. The van der Waals surface area contributed by atoms with Crippen LogP contribution < -0.4 is 15.4 Å². The summed E-state index contributed by atoms with van der Waals surface area (Å²) in [6.07, 6.45) is 3.58. The van der Waals surface area contributed by atoms with Gasteiger partial charge in [-0.05, 0) is 88.3 Å². The fraction of sp³-hybridized carbons (Fsp3) is 0.452. The van der Waals surface area contributed by atoms with Gasteiger partial charge in [0.05, 0.1) is 19.2 Å². The molecule has 1 saturated heterocycles. The lowest BCUT2D eigenvalue weighted by molar-refractivity contribution is 0.0953. The van der Waals surface area contributed by atoms with Gasteiger partial charge in [0.2, 0.25) is 0 Å². The number of nitrogens with one attached hydrogen (secondary N) is 2. The van der Waals surface area contributed by atoms with Crippen molar-refractivity contribution < 1.29 is 13.9 Å². The van der Waals surface area contributed by atoms with Gasteiger partial charge in [0.25, 0.3) is 5.91 Å². The van der Waals surface area contributed by atoms with Gasteiger partial charge in [-0.2, -0.15) is 0 Å².